The molecule has 0 radical (unpaired) electrons. The van der Waals surface area contributed by atoms with Gasteiger partial charge in [-0.3, -0.25) is 4.98 Å². The Morgan fingerprint density at radius 3 is 2.44 bits per heavy atom. The van der Waals surface area contributed by atoms with Gasteiger partial charge in [-0.1, -0.05) is 13.8 Å². The van der Waals surface area contributed by atoms with E-state index in [0.29, 0.717) is 5.82 Å². The molecule has 3 aliphatic rings. The number of hydrogen-bond acceptors (Lipinski definition) is 7. The van der Waals surface area contributed by atoms with Crippen LogP contribution in [0, 0.1) is 28.6 Å². The highest BCUT2D eigenvalue weighted by atomic mass is 16.3. The minimum absolute atomic E-state index is 0.124. The van der Waals surface area contributed by atoms with E-state index in [9.17, 15) is 10.4 Å². The summed E-state index contributed by atoms with van der Waals surface area (Å²) in [6.45, 7) is 7.54. The fourth-order valence-electron chi connectivity index (χ4n) is 5.54. The van der Waals surface area contributed by atoms with Gasteiger partial charge in [-0.25, -0.2) is 14.6 Å². The lowest BCUT2D eigenvalue weighted by Gasteiger charge is -2.46. The summed E-state index contributed by atoms with van der Waals surface area (Å²) >= 11 is 0. The Hall–Kier alpha value is -3.05. The normalized spacial score (nSPS) is 32.8. The molecule has 164 valence electrons. The highest BCUT2D eigenvalue weighted by Gasteiger charge is 2.76. The summed E-state index contributed by atoms with van der Waals surface area (Å²) in [5, 5.41) is 26.1. The van der Waals surface area contributed by atoms with E-state index in [1.807, 2.05) is 29.9 Å². The second-order valence-corrected chi connectivity index (χ2v) is 10.3. The fourth-order valence-corrected chi connectivity index (χ4v) is 5.54. The predicted octanol–water partition coefficient (Wildman–Crippen LogP) is 3.00. The van der Waals surface area contributed by atoms with E-state index in [2.05, 4.69) is 44.9 Å². The van der Waals surface area contributed by atoms with Crippen molar-refractivity contribution in [2.75, 3.05) is 18.0 Å². The predicted molar refractivity (Wildman–Crippen MR) is 119 cm³/mol. The van der Waals surface area contributed by atoms with Gasteiger partial charge >= 0.3 is 0 Å². The van der Waals surface area contributed by atoms with Crippen LogP contribution in [0.15, 0.2) is 30.9 Å². The Labute approximate surface area is 186 Å². The van der Waals surface area contributed by atoms with Gasteiger partial charge in [0.05, 0.1) is 29.1 Å². The topological polar surface area (TPSA) is 104 Å². The molecule has 3 fully saturated rings. The van der Waals surface area contributed by atoms with Gasteiger partial charge in [0.2, 0.25) is 0 Å². The first-order valence-electron chi connectivity index (χ1n) is 11.3. The molecule has 6 rings (SSSR count). The molecule has 4 heterocycles. The van der Waals surface area contributed by atoms with Crippen molar-refractivity contribution < 1.29 is 5.11 Å². The molecule has 1 unspecified atom stereocenters. The number of nitrogens with zero attached hydrogens (tertiary/aromatic N) is 7. The molecule has 32 heavy (non-hydrogen) atoms. The van der Waals surface area contributed by atoms with E-state index >= 15 is 0 Å². The molecule has 8 nitrogen and oxygen atoms in total. The van der Waals surface area contributed by atoms with Crippen LogP contribution >= 0.6 is 0 Å². The van der Waals surface area contributed by atoms with Gasteiger partial charge in [0.25, 0.3) is 0 Å². The summed E-state index contributed by atoms with van der Waals surface area (Å²) in [4.78, 5) is 15.9. The van der Waals surface area contributed by atoms with E-state index < -0.39 is 11.0 Å². The first-order valence-corrected chi connectivity index (χ1v) is 11.3. The largest absolute Gasteiger partial charge is 0.389 e. The fraction of sp³-hybridized carbons (Fsp3) is 0.542. The van der Waals surface area contributed by atoms with Gasteiger partial charge < -0.3 is 10.0 Å². The molecule has 2 aliphatic carbocycles. The van der Waals surface area contributed by atoms with Crippen LogP contribution in [0.5, 0.6) is 0 Å². The standard InChI is InChI=1S/C24H27N7O/c1-15-10-30(11-16(2)22(15,3)32)20-7-21(28-14-27-20)31-18-6-19(26-8-17(18)9-29-31)24(13-25)12-23(24)4-5-23/h6-9,14-16,32H,4-5,10-12H2,1-3H3/t15-,16+,22?,24-/m1/s1. The molecule has 1 saturated heterocycles. The van der Waals surface area contributed by atoms with Gasteiger partial charge in [0.15, 0.2) is 5.82 Å². The summed E-state index contributed by atoms with van der Waals surface area (Å²) in [5.41, 5.74) is 0.789. The third-order valence-corrected chi connectivity index (χ3v) is 8.48. The van der Waals surface area contributed by atoms with Crippen molar-refractivity contribution in [1.82, 2.24) is 24.7 Å². The SMILES string of the molecule is C[C@@H]1CN(c2cc(-n3ncc4cnc([C@]5(C#N)CC56CC6)cc43)ncn2)C[C@H](C)C1(C)O. The second-order valence-electron chi connectivity index (χ2n) is 10.3. The maximum atomic E-state index is 10.8. The zero-order chi connectivity index (χ0) is 22.3. The number of nitriles is 1. The molecule has 0 aromatic carbocycles. The van der Waals surface area contributed by atoms with Crippen LogP contribution in [-0.2, 0) is 5.41 Å². The maximum absolute atomic E-state index is 10.8. The van der Waals surface area contributed by atoms with Crippen molar-refractivity contribution in [3.63, 3.8) is 0 Å². The monoisotopic (exact) mass is 429 g/mol. The van der Waals surface area contributed by atoms with Crippen LogP contribution in [0.1, 0.15) is 45.7 Å². The number of fused-ring (bicyclic) bond motifs is 1. The Bertz CT molecular complexity index is 1260. The van der Waals surface area contributed by atoms with Gasteiger partial charge in [0, 0.05) is 42.6 Å². The summed E-state index contributed by atoms with van der Waals surface area (Å²) in [5.74, 6) is 1.76. The minimum atomic E-state index is -0.688. The van der Waals surface area contributed by atoms with Gasteiger partial charge in [-0.15, -0.1) is 0 Å². The minimum Gasteiger partial charge on any atom is -0.389 e. The maximum Gasteiger partial charge on any atom is 0.159 e. The zero-order valence-corrected chi connectivity index (χ0v) is 18.7. The van der Waals surface area contributed by atoms with E-state index in [1.165, 1.54) is 0 Å². The lowest BCUT2D eigenvalue weighted by atomic mass is 9.76. The van der Waals surface area contributed by atoms with Gasteiger partial charge in [-0.2, -0.15) is 10.4 Å². The third-order valence-electron chi connectivity index (χ3n) is 8.48. The van der Waals surface area contributed by atoms with Crippen LogP contribution in [0.2, 0.25) is 0 Å². The van der Waals surface area contributed by atoms with E-state index in [4.69, 9.17) is 0 Å². The average molecular weight is 430 g/mol. The van der Waals surface area contributed by atoms with Gasteiger partial charge in [-0.05, 0) is 37.7 Å². The molecular formula is C24H27N7O. The number of aromatic nitrogens is 5. The molecule has 3 aromatic heterocycles. The Morgan fingerprint density at radius 2 is 1.78 bits per heavy atom. The molecule has 2 saturated carbocycles. The molecule has 1 aliphatic heterocycles. The number of aliphatic hydroxyl groups is 1. The van der Waals surface area contributed by atoms with Crippen molar-refractivity contribution in [1.29, 1.82) is 5.26 Å². The number of pyridine rings is 1. The highest BCUT2D eigenvalue weighted by Crippen LogP contribution is 2.78. The molecule has 8 heteroatoms. The third kappa shape index (κ3) is 2.58. The molecule has 1 spiro atoms. The smallest absolute Gasteiger partial charge is 0.159 e. The van der Waals surface area contributed by atoms with Crippen molar-refractivity contribution in [3.8, 4) is 11.9 Å². The second kappa shape index (κ2) is 6.26. The van der Waals surface area contributed by atoms with Crippen molar-refractivity contribution in [2.24, 2.45) is 17.3 Å². The molecule has 0 bridgehead atoms. The van der Waals surface area contributed by atoms with Gasteiger partial charge in [0.1, 0.15) is 17.6 Å². The van der Waals surface area contributed by atoms with Crippen LogP contribution < -0.4 is 4.90 Å². The van der Waals surface area contributed by atoms with Crippen LogP contribution in [0.3, 0.4) is 0 Å². The summed E-state index contributed by atoms with van der Waals surface area (Å²) in [7, 11) is 0. The molecule has 3 aromatic rings. The average Bonchev–Trinajstić information content (AvgIpc) is 3.66. The lowest BCUT2D eigenvalue weighted by molar-refractivity contribution is -0.0504. The molecule has 0 amide bonds. The summed E-state index contributed by atoms with van der Waals surface area (Å²) < 4.78 is 1.81. The Kier molecular flexibility index (Phi) is 3.84. The van der Waals surface area contributed by atoms with Crippen LogP contribution in [0.4, 0.5) is 5.82 Å². The lowest BCUT2D eigenvalue weighted by Crippen LogP contribution is -2.55. The molecule has 1 N–H and O–H groups in total. The first-order chi connectivity index (χ1) is 15.3. The number of hydrogen-bond donors (Lipinski definition) is 1. The summed E-state index contributed by atoms with van der Waals surface area (Å²) in [6.07, 6.45) is 8.33. The quantitative estimate of drug-likeness (QED) is 0.682. The Morgan fingerprint density at radius 1 is 1.06 bits per heavy atom. The first kappa shape index (κ1) is 19.6. The highest BCUT2D eigenvalue weighted by molar-refractivity contribution is 5.80. The van der Waals surface area contributed by atoms with Crippen molar-refractivity contribution >= 4 is 16.7 Å². The van der Waals surface area contributed by atoms with Crippen molar-refractivity contribution in [3.05, 3.63) is 36.5 Å². The van der Waals surface area contributed by atoms with Crippen LogP contribution in [0.25, 0.3) is 16.7 Å². The number of piperidine rings is 1. The Balaban J connectivity index is 1.37. The number of rotatable bonds is 3. The number of anilines is 1. The zero-order valence-electron chi connectivity index (χ0n) is 18.7. The molecular weight excluding hydrogens is 402 g/mol. The van der Waals surface area contributed by atoms with E-state index in [1.54, 1.807) is 12.5 Å². The van der Waals surface area contributed by atoms with E-state index in [-0.39, 0.29) is 17.3 Å². The van der Waals surface area contributed by atoms with E-state index in [0.717, 1.165) is 54.8 Å². The van der Waals surface area contributed by atoms with Crippen molar-refractivity contribution in [2.45, 2.75) is 51.0 Å². The molecule has 4 atom stereocenters. The van der Waals surface area contributed by atoms with Crippen LogP contribution in [-0.4, -0.2) is 48.5 Å². The summed E-state index contributed by atoms with van der Waals surface area (Å²) in [6, 6.07) is 6.53.